The number of benzene rings is 1. The van der Waals surface area contributed by atoms with Crippen molar-refractivity contribution in [1.29, 1.82) is 0 Å². The van der Waals surface area contributed by atoms with Crippen molar-refractivity contribution in [2.45, 2.75) is 12.5 Å². The van der Waals surface area contributed by atoms with E-state index in [1.807, 2.05) is 18.8 Å². The molecule has 1 aliphatic heterocycles. The van der Waals surface area contributed by atoms with Crippen molar-refractivity contribution < 1.29 is 8.78 Å². The summed E-state index contributed by atoms with van der Waals surface area (Å²) in [6.07, 6.45) is 0.613. The second-order valence-corrected chi connectivity index (χ2v) is 5.21. The number of hydrogen-bond donors (Lipinski definition) is 1. The molecular weight excluding hydrogens is 228 g/mol. The van der Waals surface area contributed by atoms with E-state index in [4.69, 9.17) is 0 Å². The Labute approximate surface area is 98.6 Å². The van der Waals surface area contributed by atoms with Gasteiger partial charge in [0.05, 0.1) is 0 Å². The Morgan fingerprint density at radius 3 is 2.94 bits per heavy atom. The minimum Gasteiger partial charge on any atom is -0.316 e. The average Bonchev–Trinajstić information content (AvgIpc) is 2.71. The van der Waals surface area contributed by atoms with Crippen LogP contribution in [-0.4, -0.2) is 24.6 Å². The lowest BCUT2D eigenvalue weighted by atomic mass is 9.95. The minimum atomic E-state index is -0.358. The molecule has 2 unspecified atom stereocenters. The van der Waals surface area contributed by atoms with Gasteiger partial charge < -0.3 is 5.32 Å². The summed E-state index contributed by atoms with van der Waals surface area (Å²) in [5, 5.41) is 3.23. The monoisotopic (exact) mass is 243 g/mol. The van der Waals surface area contributed by atoms with Gasteiger partial charge in [0.25, 0.3) is 0 Å². The molecule has 0 bridgehead atoms. The SMILES string of the molecule is CNC1CSCC1Cc1cc(F)ccc1F. The number of thioether (sulfide) groups is 1. The largest absolute Gasteiger partial charge is 0.316 e. The Morgan fingerprint density at radius 1 is 1.38 bits per heavy atom. The summed E-state index contributed by atoms with van der Waals surface area (Å²) in [7, 11) is 1.92. The van der Waals surface area contributed by atoms with Gasteiger partial charge in [-0.3, -0.25) is 0 Å². The molecule has 1 nitrogen and oxygen atoms in total. The van der Waals surface area contributed by atoms with Crippen LogP contribution in [0.1, 0.15) is 5.56 Å². The summed E-state index contributed by atoms with van der Waals surface area (Å²) in [4.78, 5) is 0. The van der Waals surface area contributed by atoms with Gasteiger partial charge in [-0.05, 0) is 48.9 Å². The molecule has 1 N–H and O–H groups in total. The predicted octanol–water partition coefficient (Wildman–Crippen LogP) is 2.46. The van der Waals surface area contributed by atoms with Crippen molar-refractivity contribution >= 4 is 11.8 Å². The predicted molar refractivity (Wildman–Crippen MR) is 63.7 cm³/mol. The normalized spacial score (nSPS) is 24.9. The fourth-order valence-corrected chi connectivity index (χ4v) is 3.58. The highest BCUT2D eigenvalue weighted by atomic mass is 32.2. The summed E-state index contributed by atoms with van der Waals surface area (Å²) >= 11 is 1.87. The van der Waals surface area contributed by atoms with E-state index in [-0.39, 0.29) is 11.6 Å². The molecule has 0 radical (unpaired) electrons. The number of hydrogen-bond acceptors (Lipinski definition) is 2. The first-order valence-corrected chi connectivity index (χ1v) is 6.55. The zero-order valence-electron chi connectivity index (χ0n) is 9.17. The fourth-order valence-electron chi connectivity index (χ4n) is 2.10. The minimum absolute atomic E-state index is 0.298. The van der Waals surface area contributed by atoms with Gasteiger partial charge in [-0.1, -0.05) is 0 Å². The quantitative estimate of drug-likeness (QED) is 0.875. The highest BCUT2D eigenvalue weighted by Gasteiger charge is 2.27. The zero-order chi connectivity index (χ0) is 11.5. The van der Waals surface area contributed by atoms with Gasteiger partial charge in [-0.15, -0.1) is 0 Å². The fraction of sp³-hybridized carbons (Fsp3) is 0.500. The molecule has 4 heteroatoms. The molecule has 1 aromatic rings. The molecule has 1 saturated heterocycles. The van der Waals surface area contributed by atoms with Crippen LogP contribution in [0.3, 0.4) is 0 Å². The molecule has 1 fully saturated rings. The van der Waals surface area contributed by atoms with Crippen molar-refractivity contribution in [3.8, 4) is 0 Å². The number of nitrogens with one attached hydrogen (secondary N) is 1. The van der Waals surface area contributed by atoms with E-state index in [0.717, 1.165) is 17.6 Å². The van der Waals surface area contributed by atoms with Crippen molar-refractivity contribution in [3.63, 3.8) is 0 Å². The molecule has 88 valence electrons. The van der Waals surface area contributed by atoms with Crippen LogP contribution in [0.2, 0.25) is 0 Å². The van der Waals surface area contributed by atoms with Crippen LogP contribution in [0.15, 0.2) is 18.2 Å². The second-order valence-electron chi connectivity index (χ2n) is 4.13. The standard InChI is InChI=1S/C12H15F2NS/c1-15-12-7-16-6-9(12)4-8-5-10(13)2-3-11(8)14/h2-3,5,9,12,15H,4,6-7H2,1H3. The Balaban J connectivity index is 2.11. The van der Waals surface area contributed by atoms with Gasteiger partial charge in [-0.25, -0.2) is 8.78 Å². The maximum atomic E-state index is 13.5. The summed E-state index contributed by atoms with van der Waals surface area (Å²) in [5.41, 5.74) is 0.493. The molecule has 0 amide bonds. The van der Waals surface area contributed by atoms with E-state index in [9.17, 15) is 8.78 Å². The van der Waals surface area contributed by atoms with Crippen LogP contribution < -0.4 is 5.32 Å². The van der Waals surface area contributed by atoms with E-state index in [1.165, 1.54) is 12.1 Å². The Bertz CT molecular complexity index is 370. The Morgan fingerprint density at radius 2 is 2.19 bits per heavy atom. The first kappa shape index (κ1) is 11.9. The van der Waals surface area contributed by atoms with Gasteiger partial charge >= 0.3 is 0 Å². The topological polar surface area (TPSA) is 12.0 Å². The molecule has 0 saturated carbocycles. The first-order chi connectivity index (χ1) is 7.70. The molecule has 2 rings (SSSR count). The zero-order valence-corrected chi connectivity index (χ0v) is 9.99. The molecule has 1 heterocycles. The van der Waals surface area contributed by atoms with Gasteiger partial charge in [0.1, 0.15) is 11.6 Å². The van der Waals surface area contributed by atoms with Crippen molar-refractivity contribution in [3.05, 3.63) is 35.4 Å². The summed E-state index contributed by atoms with van der Waals surface area (Å²) in [6, 6.07) is 4.09. The van der Waals surface area contributed by atoms with Crippen LogP contribution in [0.4, 0.5) is 8.78 Å². The molecule has 1 aliphatic rings. The molecule has 16 heavy (non-hydrogen) atoms. The highest BCUT2D eigenvalue weighted by molar-refractivity contribution is 7.99. The van der Waals surface area contributed by atoms with Crippen molar-refractivity contribution in [2.75, 3.05) is 18.6 Å². The van der Waals surface area contributed by atoms with Crippen LogP contribution >= 0.6 is 11.8 Å². The maximum absolute atomic E-state index is 13.5. The van der Waals surface area contributed by atoms with E-state index < -0.39 is 0 Å². The summed E-state index contributed by atoms with van der Waals surface area (Å²) in [5.74, 6) is 1.81. The van der Waals surface area contributed by atoms with E-state index in [1.54, 1.807) is 0 Å². The molecular formula is C12H15F2NS. The van der Waals surface area contributed by atoms with Crippen molar-refractivity contribution in [1.82, 2.24) is 5.32 Å². The van der Waals surface area contributed by atoms with Crippen molar-refractivity contribution in [2.24, 2.45) is 5.92 Å². The summed E-state index contributed by atoms with van der Waals surface area (Å²) < 4.78 is 26.5. The molecule has 1 aromatic carbocycles. The van der Waals surface area contributed by atoms with Gasteiger partial charge in [-0.2, -0.15) is 11.8 Å². The Hall–Kier alpha value is -0.610. The first-order valence-electron chi connectivity index (χ1n) is 5.39. The lowest BCUT2D eigenvalue weighted by molar-refractivity contribution is 0.444. The number of rotatable bonds is 3. The third-order valence-electron chi connectivity index (χ3n) is 3.06. The van der Waals surface area contributed by atoms with Gasteiger partial charge in [0.15, 0.2) is 0 Å². The number of halogens is 2. The Kier molecular flexibility index (Phi) is 3.82. The third kappa shape index (κ3) is 2.55. The van der Waals surface area contributed by atoms with Gasteiger partial charge in [0, 0.05) is 11.8 Å². The van der Waals surface area contributed by atoms with Crippen LogP contribution in [0, 0.1) is 17.6 Å². The van der Waals surface area contributed by atoms with Crippen LogP contribution in [0.5, 0.6) is 0 Å². The van der Waals surface area contributed by atoms with E-state index in [2.05, 4.69) is 5.32 Å². The third-order valence-corrected chi connectivity index (χ3v) is 4.32. The maximum Gasteiger partial charge on any atom is 0.126 e. The smallest absolute Gasteiger partial charge is 0.126 e. The molecule has 0 spiro atoms. The van der Waals surface area contributed by atoms with Crippen LogP contribution in [0.25, 0.3) is 0 Å². The van der Waals surface area contributed by atoms with Crippen LogP contribution in [-0.2, 0) is 6.42 Å². The summed E-state index contributed by atoms with van der Waals surface area (Å²) in [6.45, 7) is 0. The molecule has 2 atom stereocenters. The van der Waals surface area contributed by atoms with Gasteiger partial charge in [0.2, 0.25) is 0 Å². The average molecular weight is 243 g/mol. The lowest BCUT2D eigenvalue weighted by Crippen LogP contribution is -2.33. The molecule has 0 aliphatic carbocycles. The highest BCUT2D eigenvalue weighted by Crippen LogP contribution is 2.28. The second kappa shape index (κ2) is 5.15. The van der Waals surface area contributed by atoms with E-state index in [0.29, 0.717) is 23.9 Å². The lowest BCUT2D eigenvalue weighted by Gasteiger charge is -2.18. The molecule has 0 aromatic heterocycles. The van der Waals surface area contributed by atoms with E-state index >= 15 is 0 Å².